The number of benzene rings is 2. The smallest absolute Gasteiger partial charge is 0.252 e. The fourth-order valence-corrected chi connectivity index (χ4v) is 3.15. The molecule has 3 aromatic rings. The lowest BCUT2D eigenvalue weighted by Gasteiger charge is -2.21. The molecule has 6 heteroatoms. The van der Waals surface area contributed by atoms with Gasteiger partial charge in [0.05, 0.1) is 30.8 Å². The van der Waals surface area contributed by atoms with Crippen molar-refractivity contribution in [3.8, 4) is 11.5 Å². The van der Waals surface area contributed by atoms with Gasteiger partial charge in [0, 0.05) is 5.56 Å². The molecule has 1 atom stereocenters. The van der Waals surface area contributed by atoms with E-state index in [0.29, 0.717) is 23.7 Å². The Morgan fingerprint density at radius 2 is 1.97 bits per heavy atom. The highest BCUT2D eigenvalue weighted by Crippen LogP contribution is 2.29. The number of hydrogen-bond donors (Lipinski definition) is 2. The highest BCUT2D eigenvalue weighted by atomic mass is 16.5. The summed E-state index contributed by atoms with van der Waals surface area (Å²) >= 11 is 0. The van der Waals surface area contributed by atoms with Gasteiger partial charge in [-0.25, -0.2) is 4.98 Å². The van der Waals surface area contributed by atoms with Gasteiger partial charge in [-0.15, -0.1) is 0 Å². The molecule has 0 radical (unpaired) electrons. The molecule has 3 rings (SSSR count). The summed E-state index contributed by atoms with van der Waals surface area (Å²) in [7, 11) is 1.58. The minimum Gasteiger partial charge on any atom is -0.493 e. The fraction of sp³-hybridized carbons (Fsp3) is 0.391. The van der Waals surface area contributed by atoms with E-state index < -0.39 is 0 Å². The number of H-pyrrole nitrogens is 1. The van der Waals surface area contributed by atoms with Crippen molar-refractivity contribution in [2.24, 2.45) is 5.92 Å². The van der Waals surface area contributed by atoms with Crippen LogP contribution in [-0.2, 0) is 0 Å². The maximum Gasteiger partial charge on any atom is 0.252 e. The van der Waals surface area contributed by atoms with Gasteiger partial charge in [0.15, 0.2) is 11.5 Å². The van der Waals surface area contributed by atoms with E-state index in [-0.39, 0.29) is 17.9 Å². The summed E-state index contributed by atoms with van der Waals surface area (Å²) in [5.41, 5.74) is 2.36. The zero-order valence-electron chi connectivity index (χ0n) is 17.5. The quantitative estimate of drug-likeness (QED) is 0.507. The van der Waals surface area contributed by atoms with Crippen molar-refractivity contribution in [3.63, 3.8) is 0 Å². The maximum atomic E-state index is 12.9. The molecule has 1 amide bonds. The fourth-order valence-electron chi connectivity index (χ4n) is 3.15. The molecule has 0 aliphatic carbocycles. The number of nitrogens with zero attached hydrogens (tertiary/aromatic N) is 1. The first-order valence-corrected chi connectivity index (χ1v) is 10.1. The average molecular weight is 396 g/mol. The molecule has 0 fully saturated rings. The Hall–Kier alpha value is -3.02. The molecule has 0 saturated carbocycles. The Labute approximate surface area is 171 Å². The molecule has 2 aromatic carbocycles. The first-order chi connectivity index (χ1) is 14.0. The lowest BCUT2D eigenvalue weighted by Crippen LogP contribution is -2.32. The first kappa shape index (κ1) is 20.7. The number of carbonyl (C=O) groups excluding carboxylic acids is 1. The van der Waals surface area contributed by atoms with Crippen LogP contribution in [0.3, 0.4) is 0 Å². The number of carbonyl (C=O) groups is 1. The Bertz CT molecular complexity index is 932. The van der Waals surface area contributed by atoms with Crippen molar-refractivity contribution < 1.29 is 14.3 Å². The number of fused-ring (bicyclic) bond motifs is 1. The Balaban J connectivity index is 1.79. The Kier molecular flexibility index (Phi) is 6.75. The number of imidazole rings is 1. The maximum absolute atomic E-state index is 12.9. The standard InChI is InChI=1S/C23H29N3O3/c1-5-6-13-29-19-12-11-16(14-20(19)28-4)23(27)26-21(15(2)3)22-24-17-9-7-8-10-18(17)25-22/h7-12,14-15,21H,5-6,13H2,1-4H3,(H,24,25)(H,26,27). The summed E-state index contributed by atoms with van der Waals surface area (Å²) in [6, 6.07) is 12.9. The number of ether oxygens (including phenoxy) is 2. The van der Waals surface area contributed by atoms with Gasteiger partial charge in [0.25, 0.3) is 5.91 Å². The summed E-state index contributed by atoms with van der Waals surface area (Å²) in [6.45, 7) is 6.85. The minimum atomic E-state index is -0.235. The number of methoxy groups -OCH3 is 1. The van der Waals surface area contributed by atoms with E-state index in [9.17, 15) is 4.79 Å². The number of aromatic amines is 1. The number of rotatable bonds is 9. The molecule has 1 unspecified atom stereocenters. The monoisotopic (exact) mass is 395 g/mol. The van der Waals surface area contributed by atoms with Gasteiger partial charge in [-0.05, 0) is 42.7 Å². The van der Waals surface area contributed by atoms with Gasteiger partial charge in [0.1, 0.15) is 5.82 Å². The van der Waals surface area contributed by atoms with E-state index in [2.05, 4.69) is 36.1 Å². The predicted octanol–water partition coefficient (Wildman–Crippen LogP) is 4.88. The van der Waals surface area contributed by atoms with Crippen LogP contribution in [0.25, 0.3) is 11.0 Å². The molecular formula is C23H29N3O3. The Morgan fingerprint density at radius 3 is 2.66 bits per heavy atom. The third kappa shape index (κ3) is 4.88. The summed E-state index contributed by atoms with van der Waals surface area (Å²) < 4.78 is 11.2. The third-order valence-corrected chi connectivity index (χ3v) is 4.84. The van der Waals surface area contributed by atoms with Gasteiger partial charge < -0.3 is 19.8 Å². The SMILES string of the molecule is CCCCOc1ccc(C(=O)NC(c2nc3ccccc3[nH]2)C(C)C)cc1OC. The molecule has 0 bridgehead atoms. The molecule has 2 N–H and O–H groups in total. The average Bonchev–Trinajstić information content (AvgIpc) is 3.15. The lowest BCUT2D eigenvalue weighted by molar-refractivity contribution is 0.0923. The van der Waals surface area contributed by atoms with Gasteiger partial charge in [-0.2, -0.15) is 0 Å². The van der Waals surface area contributed by atoms with Gasteiger partial charge in [-0.3, -0.25) is 4.79 Å². The minimum absolute atomic E-state index is 0.165. The van der Waals surface area contributed by atoms with Crippen LogP contribution in [-0.4, -0.2) is 29.6 Å². The van der Waals surface area contributed by atoms with Crippen LogP contribution in [0.1, 0.15) is 55.8 Å². The topological polar surface area (TPSA) is 76.2 Å². The number of amides is 1. The zero-order chi connectivity index (χ0) is 20.8. The number of para-hydroxylation sites is 2. The number of aromatic nitrogens is 2. The van der Waals surface area contributed by atoms with Gasteiger partial charge in [0.2, 0.25) is 0 Å². The lowest BCUT2D eigenvalue weighted by atomic mass is 10.0. The van der Waals surface area contributed by atoms with Gasteiger partial charge in [-0.1, -0.05) is 39.3 Å². The van der Waals surface area contributed by atoms with Crippen molar-refractivity contribution in [1.82, 2.24) is 15.3 Å². The Morgan fingerprint density at radius 1 is 1.17 bits per heavy atom. The number of hydrogen-bond acceptors (Lipinski definition) is 4. The second-order valence-corrected chi connectivity index (χ2v) is 7.40. The summed E-state index contributed by atoms with van der Waals surface area (Å²) in [5, 5.41) is 3.10. The molecule has 29 heavy (non-hydrogen) atoms. The highest BCUT2D eigenvalue weighted by molar-refractivity contribution is 5.95. The molecule has 1 aromatic heterocycles. The predicted molar refractivity (Wildman–Crippen MR) is 115 cm³/mol. The van der Waals surface area contributed by atoms with Crippen molar-refractivity contribution in [3.05, 3.63) is 53.9 Å². The summed E-state index contributed by atoms with van der Waals surface area (Å²) in [4.78, 5) is 20.9. The van der Waals surface area contributed by atoms with Crippen LogP contribution in [0.15, 0.2) is 42.5 Å². The van der Waals surface area contributed by atoms with Crippen LogP contribution in [0.2, 0.25) is 0 Å². The van der Waals surface area contributed by atoms with E-state index >= 15 is 0 Å². The molecule has 0 aliphatic rings. The molecule has 0 saturated heterocycles. The van der Waals surface area contributed by atoms with Crippen LogP contribution < -0.4 is 14.8 Å². The largest absolute Gasteiger partial charge is 0.493 e. The second kappa shape index (κ2) is 9.45. The molecule has 0 aliphatic heterocycles. The van der Waals surface area contributed by atoms with E-state index in [0.717, 1.165) is 29.7 Å². The second-order valence-electron chi connectivity index (χ2n) is 7.40. The number of unbranched alkanes of at least 4 members (excludes halogenated alkanes) is 1. The van der Waals surface area contributed by atoms with Crippen LogP contribution in [0, 0.1) is 5.92 Å². The highest BCUT2D eigenvalue weighted by Gasteiger charge is 2.23. The normalized spacial score (nSPS) is 12.2. The molecule has 1 heterocycles. The number of nitrogens with one attached hydrogen (secondary N) is 2. The molecule has 6 nitrogen and oxygen atoms in total. The molecular weight excluding hydrogens is 366 g/mol. The molecule has 154 valence electrons. The van der Waals surface area contributed by atoms with Crippen molar-refractivity contribution >= 4 is 16.9 Å². The van der Waals surface area contributed by atoms with Crippen molar-refractivity contribution in [2.45, 2.75) is 39.7 Å². The van der Waals surface area contributed by atoms with Crippen LogP contribution in [0.5, 0.6) is 11.5 Å². The van der Waals surface area contributed by atoms with E-state index in [1.807, 2.05) is 24.3 Å². The van der Waals surface area contributed by atoms with Crippen molar-refractivity contribution in [2.75, 3.05) is 13.7 Å². The third-order valence-electron chi connectivity index (χ3n) is 4.84. The summed E-state index contributed by atoms with van der Waals surface area (Å²) in [6.07, 6.45) is 2.03. The van der Waals surface area contributed by atoms with Crippen LogP contribution >= 0.6 is 0 Å². The van der Waals surface area contributed by atoms with Crippen molar-refractivity contribution in [1.29, 1.82) is 0 Å². The zero-order valence-corrected chi connectivity index (χ0v) is 17.5. The van der Waals surface area contributed by atoms with Gasteiger partial charge >= 0.3 is 0 Å². The molecule has 0 spiro atoms. The van der Waals surface area contributed by atoms with E-state index in [1.54, 1.807) is 25.3 Å². The van der Waals surface area contributed by atoms with Crippen LogP contribution in [0.4, 0.5) is 0 Å². The summed E-state index contributed by atoms with van der Waals surface area (Å²) in [5.74, 6) is 1.94. The van der Waals surface area contributed by atoms with E-state index in [1.165, 1.54) is 0 Å². The van der Waals surface area contributed by atoms with E-state index in [4.69, 9.17) is 9.47 Å². The first-order valence-electron chi connectivity index (χ1n) is 10.1.